The van der Waals surface area contributed by atoms with Crippen molar-refractivity contribution in [2.24, 2.45) is 0 Å². The normalized spacial score (nSPS) is 17.1. The second-order valence-corrected chi connectivity index (χ2v) is 7.32. The van der Waals surface area contributed by atoms with Gasteiger partial charge in [-0.2, -0.15) is 0 Å². The lowest BCUT2D eigenvalue weighted by atomic mass is 9.97. The molecule has 1 atom stereocenters. The fraction of sp³-hybridized carbons (Fsp3) is 0.350. The number of carbonyl (C=O) groups excluding carboxylic acids is 1. The van der Waals surface area contributed by atoms with Gasteiger partial charge in [0.2, 0.25) is 5.91 Å². The molecule has 0 saturated carbocycles. The average Bonchev–Trinajstić information content (AvgIpc) is 3.07. The molecule has 0 aliphatic carbocycles. The molecule has 1 aliphatic heterocycles. The van der Waals surface area contributed by atoms with Crippen LogP contribution in [-0.2, 0) is 11.2 Å². The maximum atomic E-state index is 12.7. The largest absolute Gasteiger partial charge is 0.378 e. The van der Waals surface area contributed by atoms with Crippen molar-refractivity contribution in [3.63, 3.8) is 0 Å². The number of benzene rings is 1. The van der Waals surface area contributed by atoms with Gasteiger partial charge in [-0.15, -0.1) is 11.3 Å². The number of rotatable bonds is 4. The van der Waals surface area contributed by atoms with E-state index in [0.29, 0.717) is 0 Å². The molecule has 1 amide bonds. The average molecular weight is 340 g/mol. The summed E-state index contributed by atoms with van der Waals surface area (Å²) in [6, 6.07) is 10.6. The Kier molecular flexibility index (Phi) is 5.05. The van der Waals surface area contributed by atoms with Gasteiger partial charge in [-0.3, -0.25) is 4.79 Å². The fourth-order valence-corrected chi connectivity index (χ4v) is 4.18. The highest BCUT2D eigenvalue weighted by molar-refractivity contribution is 7.10. The van der Waals surface area contributed by atoms with Gasteiger partial charge in [0.05, 0.1) is 6.04 Å². The first-order valence-electron chi connectivity index (χ1n) is 8.42. The molecule has 0 bridgehead atoms. The van der Waals surface area contributed by atoms with Crippen LogP contribution in [0.4, 0.5) is 5.69 Å². The van der Waals surface area contributed by atoms with Gasteiger partial charge in [-0.05, 0) is 53.6 Å². The van der Waals surface area contributed by atoms with Gasteiger partial charge in [0.25, 0.3) is 0 Å². The lowest BCUT2D eigenvalue weighted by Gasteiger charge is -2.34. The molecule has 0 saturated heterocycles. The first-order valence-corrected chi connectivity index (χ1v) is 9.30. The van der Waals surface area contributed by atoms with Crippen molar-refractivity contribution in [1.82, 2.24) is 4.90 Å². The second kappa shape index (κ2) is 7.22. The number of anilines is 1. The summed E-state index contributed by atoms with van der Waals surface area (Å²) in [4.78, 5) is 18.2. The van der Waals surface area contributed by atoms with E-state index >= 15 is 0 Å². The van der Waals surface area contributed by atoms with E-state index in [1.807, 2.05) is 48.5 Å². The van der Waals surface area contributed by atoms with E-state index in [9.17, 15) is 4.79 Å². The second-order valence-electron chi connectivity index (χ2n) is 6.32. The highest BCUT2D eigenvalue weighted by Gasteiger charge is 2.29. The number of nitrogens with zero attached hydrogens (tertiary/aromatic N) is 2. The van der Waals surface area contributed by atoms with Gasteiger partial charge >= 0.3 is 0 Å². The summed E-state index contributed by atoms with van der Waals surface area (Å²) in [5.41, 5.74) is 3.55. The molecular weight excluding hydrogens is 316 g/mol. The smallest absolute Gasteiger partial charge is 0.247 e. The Labute approximate surface area is 148 Å². The minimum absolute atomic E-state index is 0.107. The van der Waals surface area contributed by atoms with Gasteiger partial charge in [0, 0.05) is 37.3 Å². The Balaban J connectivity index is 1.72. The van der Waals surface area contributed by atoms with Crippen LogP contribution in [0.3, 0.4) is 0 Å². The molecule has 1 aromatic heterocycles. The van der Waals surface area contributed by atoms with E-state index in [2.05, 4.69) is 35.4 Å². The lowest BCUT2D eigenvalue weighted by Crippen LogP contribution is -2.38. The summed E-state index contributed by atoms with van der Waals surface area (Å²) >= 11 is 1.81. The molecule has 1 unspecified atom stereocenters. The van der Waals surface area contributed by atoms with Crippen molar-refractivity contribution in [2.75, 3.05) is 25.5 Å². The van der Waals surface area contributed by atoms with Crippen LogP contribution in [0.2, 0.25) is 0 Å². The predicted molar refractivity (Wildman–Crippen MR) is 103 cm³/mol. The Hall–Kier alpha value is -2.07. The molecule has 3 nitrogen and oxygen atoms in total. The molecule has 0 N–H and O–H groups in total. The summed E-state index contributed by atoms with van der Waals surface area (Å²) < 4.78 is 0. The highest BCUT2D eigenvalue weighted by Crippen LogP contribution is 2.35. The van der Waals surface area contributed by atoms with Gasteiger partial charge in [-0.25, -0.2) is 0 Å². The van der Waals surface area contributed by atoms with E-state index in [-0.39, 0.29) is 11.9 Å². The first-order chi connectivity index (χ1) is 11.6. The van der Waals surface area contributed by atoms with E-state index in [1.54, 1.807) is 6.08 Å². The third-order valence-electron chi connectivity index (χ3n) is 4.59. The zero-order chi connectivity index (χ0) is 17.1. The van der Waals surface area contributed by atoms with Crippen molar-refractivity contribution in [2.45, 2.75) is 25.8 Å². The molecule has 126 valence electrons. The van der Waals surface area contributed by atoms with E-state index in [0.717, 1.165) is 30.6 Å². The molecule has 4 heteroatoms. The quantitative estimate of drug-likeness (QED) is 0.772. The van der Waals surface area contributed by atoms with Crippen molar-refractivity contribution in [1.29, 1.82) is 0 Å². The molecule has 0 fully saturated rings. The molecule has 2 aromatic rings. The Morgan fingerprint density at radius 1 is 1.29 bits per heavy atom. The number of hydrogen-bond donors (Lipinski definition) is 0. The molecule has 0 radical (unpaired) electrons. The maximum Gasteiger partial charge on any atom is 0.247 e. The molecule has 2 heterocycles. The van der Waals surface area contributed by atoms with Crippen LogP contribution in [-0.4, -0.2) is 31.4 Å². The fourth-order valence-electron chi connectivity index (χ4n) is 3.25. The van der Waals surface area contributed by atoms with Crippen molar-refractivity contribution >= 4 is 29.0 Å². The minimum Gasteiger partial charge on any atom is -0.378 e. The van der Waals surface area contributed by atoms with Crippen LogP contribution in [0.5, 0.6) is 0 Å². The molecule has 1 aliphatic rings. The van der Waals surface area contributed by atoms with E-state index < -0.39 is 0 Å². The number of fused-ring (bicyclic) bond motifs is 1. The van der Waals surface area contributed by atoms with Crippen LogP contribution in [0.1, 0.15) is 35.4 Å². The number of carbonyl (C=O) groups is 1. The lowest BCUT2D eigenvalue weighted by molar-refractivity contribution is -0.128. The molecule has 1 aromatic carbocycles. The van der Waals surface area contributed by atoms with Gasteiger partial charge in [0.1, 0.15) is 0 Å². The monoisotopic (exact) mass is 340 g/mol. The van der Waals surface area contributed by atoms with Gasteiger partial charge in [0.15, 0.2) is 0 Å². The van der Waals surface area contributed by atoms with Crippen LogP contribution in [0.15, 0.2) is 41.8 Å². The Morgan fingerprint density at radius 2 is 2.04 bits per heavy atom. The zero-order valence-corrected chi connectivity index (χ0v) is 15.3. The first kappa shape index (κ1) is 16.8. The topological polar surface area (TPSA) is 23.6 Å². The van der Waals surface area contributed by atoms with Crippen molar-refractivity contribution in [3.8, 4) is 0 Å². The molecule has 3 rings (SSSR count). The van der Waals surface area contributed by atoms with Crippen LogP contribution < -0.4 is 4.90 Å². The Morgan fingerprint density at radius 3 is 2.71 bits per heavy atom. The zero-order valence-electron chi connectivity index (χ0n) is 14.5. The minimum atomic E-state index is 0.107. The van der Waals surface area contributed by atoms with E-state index in [4.69, 9.17) is 0 Å². The third kappa shape index (κ3) is 3.39. The number of thiophene rings is 1. The summed E-state index contributed by atoms with van der Waals surface area (Å²) in [6.45, 7) is 2.97. The van der Waals surface area contributed by atoms with Crippen LogP contribution >= 0.6 is 11.3 Å². The molecule has 0 spiro atoms. The van der Waals surface area contributed by atoms with Gasteiger partial charge < -0.3 is 9.80 Å². The molecular formula is C20H24N2OS. The van der Waals surface area contributed by atoms with Crippen molar-refractivity contribution < 1.29 is 4.79 Å². The Bertz CT molecular complexity index is 730. The maximum absolute atomic E-state index is 12.7. The highest BCUT2D eigenvalue weighted by atomic mass is 32.1. The summed E-state index contributed by atoms with van der Waals surface area (Å²) in [5.74, 6) is 0.107. The predicted octanol–water partition coefficient (Wildman–Crippen LogP) is 4.36. The summed E-state index contributed by atoms with van der Waals surface area (Å²) in [5, 5.41) is 2.14. The standard InChI is InChI=1S/C20H24N2OS/c1-4-18-17-12-14-24-19(17)11-13-22(18)20(23)10-7-15-5-8-16(9-6-15)21(2)3/h5-10,12,14,18H,4,11,13H2,1-3H3/b10-7+. The van der Waals surface area contributed by atoms with Crippen LogP contribution in [0, 0.1) is 0 Å². The van der Waals surface area contributed by atoms with Gasteiger partial charge in [-0.1, -0.05) is 19.1 Å². The van der Waals surface area contributed by atoms with Crippen molar-refractivity contribution in [3.05, 3.63) is 57.8 Å². The van der Waals surface area contributed by atoms with E-state index in [1.165, 1.54) is 10.4 Å². The third-order valence-corrected chi connectivity index (χ3v) is 5.59. The number of hydrogen-bond acceptors (Lipinski definition) is 3. The summed E-state index contributed by atoms with van der Waals surface area (Å²) in [7, 11) is 4.04. The van der Waals surface area contributed by atoms with Crippen LogP contribution in [0.25, 0.3) is 6.08 Å². The molecule has 24 heavy (non-hydrogen) atoms. The number of amides is 1. The SMILES string of the molecule is CCC1c2ccsc2CCN1C(=O)/C=C/c1ccc(N(C)C)cc1. The summed E-state index contributed by atoms with van der Waals surface area (Å²) in [6.07, 6.45) is 5.56.